The quantitative estimate of drug-likeness (QED) is 0.807. The van der Waals surface area contributed by atoms with Gasteiger partial charge in [0.2, 0.25) is 0 Å². The summed E-state index contributed by atoms with van der Waals surface area (Å²) >= 11 is 0. The second-order valence-corrected chi connectivity index (χ2v) is 7.65. The molecule has 2 unspecified atom stereocenters. The molecule has 1 aromatic carbocycles. The highest BCUT2D eigenvalue weighted by Crippen LogP contribution is 2.36. The summed E-state index contributed by atoms with van der Waals surface area (Å²) in [7, 11) is 0. The average molecular weight is 303 g/mol. The molecule has 22 heavy (non-hydrogen) atoms. The molecule has 1 aliphatic rings. The molecule has 2 atom stereocenters. The number of aromatic carboxylic acids is 1. The van der Waals surface area contributed by atoms with Crippen molar-refractivity contribution in [3.05, 3.63) is 35.4 Å². The molecule has 1 aliphatic carbocycles. The van der Waals surface area contributed by atoms with Crippen LogP contribution in [0.4, 0.5) is 0 Å². The van der Waals surface area contributed by atoms with Crippen molar-refractivity contribution in [1.29, 1.82) is 0 Å². The van der Waals surface area contributed by atoms with E-state index in [1.165, 1.54) is 32.1 Å². The van der Waals surface area contributed by atoms with Gasteiger partial charge in [-0.3, -0.25) is 0 Å². The monoisotopic (exact) mass is 303 g/mol. The number of carboxylic acids is 1. The van der Waals surface area contributed by atoms with E-state index >= 15 is 0 Å². The van der Waals surface area contributed by atoms with E-state index in [4.69, 9.17) is 5.11 Å². The summed E-state index contributed by atoms with van der Waals surface area (Å²) in [5.74, 6) is -0.0426. The van der Waals surface area contributed by atoms with Gasteiger partial charge in [-0.1, -0.05) is 39.3 Å². The van der Waals surface area contributed by atoms with E-state index in [2.05, 4.69) is 26.1 Å². The molecular formula is C19H29NO2. The van der Waals surface area contributed by atoms with Gasteiger partial charge >= 0.3 is 5.97 Å². The molecule has 0 aliphatic heterocycles. The number of carboxylic acid groups (broad SMARTS) is 1. The highest BCUT2D eigenvalue weighted by Gasteiger charge is 2.27. The first-order valence-electron chi connectivity index (χ1n) is 8.42. The highest BCUT2D eigenvalue weighted by molar-refractivity contribution is 5.87. The minimum Gasteiger partial charge on any atom is -0.478 e. The third kappa shape index (κ3) is 4.84. The van der Waals surface area contributed by atoms with E-state index in [-0.39, 0.29) is 0 Å². The van der Waals surface area contributed by atoms with E-state index in [1.54, 1.807) is 12.1 Å². The van der Waals surface area contributed by atoms with Gasteiger partial charge in [-0.25, -0.2) is 4.79 Å². The molecule has 3 nitrogen and oxygen atoms in total. The fraction of sp³-hybridized carbons (Fsp3) is 0.632. The maximum Gasteiger partial charge on any atom is 0.335 e. The number of carbonyl (C=O) groups is 1. The van der Waals surface area contributed by atoms with Crippen LogP contribution < -0.4 is 5.32 Å². The fourth-order valence-corrected chi connectivity index (χ4v) is 3.45. The second-order valence-electron chi connectivity index (χ2n) is 7.65. The van der Waals surface area contributed by atoms with Gasteiger partial charge < -0.3 is 10.4 Å². The first-order valence-corrected chi connectivity index (χ1v) is 8.42. The van der Waals surface area contributed by atoms with Crippen LogP contribution in [0.25, 0.3) is 0 Å². The summed E-state index contributed by atoms with van der Waals surface area (Å²) in [4.78, 5) is 11.0. The number of hydrogen-bond acceptors (Lipinski definition) is 2. The second kappa shape index (κ2) is 7.28. The standard InChI is InChI=1S/C19H29NO2/c1-19(2,3)16-8-5-9-17(11-10-16)20-13-14-6-4-7-15(12-14)18(21)22/h4,6-7,12,16-17,20H,5,8-11,13H2,1-3H3,(H,21,22). The average Bonchev–Trinajstić information content (AvgIpc) is 2.70. The molecule has 2 N–H and O–H groups in total. The summed E-state index contributed by atoms with van der Waals surface area (Å²) in [6, 6.07) is 7.79. The van der Waals surface area contributed by atoms with Gasteiger partial charge in [-0.2, -0.15) is 0 Å². The van der Waals surface area contributed by atoms with E-state index < -0.39 is 5.97 Å². The predicted molar refractivity (Wildman–Crippen MR) is 90.1 cm³/mol. The van der Waals surface area contributed by atoms with Crippen LogP contribution in [-0.4, -0.2) is 17.1 Å². The van der Waals surface area contributed by atoms with Crippen molar-refractivity contribution >= 4 is 5.97 Å². The summed E-state index contributed by atoms with van der Waals surface area (Å²) in [5.41, 5.74) is 1.83. The normalized spacial score (nSPS) is 23.0. The number of benzene rings is 1. The first-order chi connectivity index (χ1) is 10.4. The lowest BCUT2D eigenvalue weighted by molar-refractivity contribution is 0.0696. The molecule has 0 radical (unpaired) electrons. The Balaban J connectivity index is 1.87. The van der Waals surface area contributed by atoms with Gasteiger partial charge in [0, 0.05) is 12.6 Å². The van der Waals surface area contributed by atoms with Crippen LogP contribution in [0, 0.1) is 11.3 Å². The van der Waals surface area contributed by atoms with Crippen LogP contribution in [0.5, 0.6) is 0 Å². The number of rotatable bonds is 4. The van der Waals surface area contributed by atoms with Crippen LogP contribution in [0.1, 0.15) is 68.8 Å². The third-order valence-corrected chi connectivity index (χ3v) is 4.96. The predicted octanol–water partition coefficient (Wildman–Crippen LogP) is 4.47. The summed E-state index contributed by atoms with van der Waals surface area (Å²) in [6.07, 6.45) is 6.35. The molecule has 0 saturated heterocycles. The van der Waals surface area contributed by atoms with E-state index in [0.717, 1.165) is 18.0 Å². The molecule has 0 bridgehead atoms. The minimum atomic E-state index is -0.857. The molecule has 122 valence electrons. The highest BCUT2D eigenvalue weighted by atomic mass is 16.4. The Labute approximate surface area is 134 Å². The van der Waals surface area contributed by atoms with Crippen LogP contribution in [0.2, 0.25) is 0 Å². The number of nitrogens with one attached hydrogen (secondary N) is 1. The topological polar surface area (TPSA) is 49.3 Å². The Morgan fingerprint density at radius 2 is 2.00 bits per heavy atom. The largest absolute Gasteiger partial charge is 0.478 e. The molecule has 1 fully saturated rings. The third-order valence-electron chi connectivity index (χ3n) is 4.96. The van der Waals surface area contributed by atoms with Gasteiger partial charge in [0.05, 0.1) is 5.56 Å². The van der Waals surface area contributed by atoms with Gasteiger partial charge in [0.1, 0.15) is 0 Å². The van der Waals surface area contributed by atoms with Crippen molar-refractivity contribution in [1.82, 2.24) is 5.32 Å². The lowest BCUT2D eigenvalue weighted by Crippen LogP contribution is -2.28. The zero-order chi connectivity index (χ0) is 16.2. The lowest BCUT2D eigenvalue weighted by atomic mass is 9.76. The van der Waals surface area contributed by atoms with E-state index in [0.29, 0.717) is 17.0 Å². The molecule has 0 spiro atoms. The zero-order valence-electron chi connectivity index (χ0n) is 14.1. The SMILES string of the molecule is CC(C)(C)C1CCCC(NCc2cccc(C(=O)O)c2)CC1. The summed E-state index contributed by atoms with van der Waals surface area (Å²) < 4.78 is 0. The molecule has 0 aromatic heterocycles. The maximum atomic E-state index is 11.0. The van der Waals surface area contributed by atoms with Gasteiger partial charge in [-0.15, -0.1) is 0 Å². The van der Waals surface area contributed by atoms with Crippen LogP contribution in [0.15, 0.2) is 24.3 Å². The fourth-order valence-electron chi connectivity index (χ4n) is 3.45. The van der Waals surface area contributed by atoms with Crippen molar-refractivity contribution in [3.63, 3.8) is 0 Å². The minimum absolute atomic E-state index is 0.368. The lowest BCUT2D eigenvalue weighted by Gasteiger charge is -2.29. The van der Waals surface area contributed by atoms with Gasteiger partial charge in [0.25, 0.3) is 0 Å². The summed E-state index contributed by atoms with van der Waals surface area (Å²) in [5, 5.41) is 12.7. The van der Waals surface area contributed by atoms with Crippen LogP contribution in [-0.2, 0) is 6.54 Å². The van der Waals surface area contributed by atoms with Gasteiger partial charge in [-0.05, 0) is 54.7 Å². The molecular weight excluding hydrogens is 274 g/mol. The molecule has 0 amide bonds. The van der Waals surface area contributed by atoms with E-state index in [1.807, 2.05) is 12.1 Å². The van der Waals surface area contributed by atoms with Crippen LogP contribution in [0.3, 0.4) is 0 Å². The van der Waals surface area contributed by atoms with Crippen LogP contribution >= 0.6 is 0 Å². The Bertz CT molecular complexity index is 504. The Kier molecular flexibility index (Phi) is 5.63. The maximum absolute atomic E-state index is 11.0. The number of hydrogen-bond donors (Lipinski definition) is 2. The van der Waals surface area contributed by atoms with Crippen molar-refractivity contribution in [2.24, 2.45) is 11.3 Å². The first kappa shape index (κ1) is 17.0. The van der Waals surface area contributed by atoms with E-state index in [9.17, 15) is 4.79 Å². The molecule has 1 aromatic rings. The smallest absolute Gasteiger partial charge is 0.335 e. The zero-order valence-corrected chi connectivity index (χ0v) is 14.1. The Hall–Kier alpha value is -1.35. The molecule has 3 heteroatoms. The molecule has 2 rings (SSSR count). The summed E-state index contributed by atoms with van der Waals surface area (Å²) in [6.45, 7) is 7.81. The molecule has 0 heterocycles. The van der Waals surface area contributed by atoms with Crippen molar-refractivity contribution < 1.29 is 9.90 Å². The van der Waals surface area contributed by atoms with Crippen molar-refractivity contribution in [2.75, 3.05) is 0 Å². The Morgan fingerprint density at radius 3 is 2.68 bits per heavy atom. The molecule has 1 saturated carbocycles. The van der Waals surface area contributed by atoms with Crippen molar-refractivity contribution in [2.45, 2.75) is 65.5 Å². The van der Waals surface area contributed by atoms with Gasteiger partial charge in [0.15, 0.2) is 0 Å². The van der Waals surface area contributed by atoms with Crippen molar-refractivity contribution in [3.8, 4) is 0 Å². The Morgan fingerprint density at radius 1 is 1.23 bits per heavy atom.